The van der Waals surface area contributed by atoms with Gasteiger partial charge in [0.2, 0.25) is 0 Å². The average molecular weight is 256 g/mol. The van der Waals surface area contributed by atoms with Gasteiger partial charge in [0.05, 0.1) is 11.8 Å². The molecule has 1 heterocycles. The SMILES string of the molecule is NCC1CCC(C(=O)Nc2ccc(F)cc2F)O1. The largest absolute Gasteiger partial charge is 0.364 e. The van der Waals surface area contributed by atoms with Crippen molar-refractivity contribution in [1.82, 2.24) is 0 Å². The highest BCUT2D eigenvalue weighted by Crippen LogP contribution is 2.21. The van der Waals surface area contributed by atoms with E-state index in [0.29, 0.717) is 25.5 Å². The smallest absolute Gasteiger partial charge is 0.253 e. The number of carbonyl (C=O) groups is 1. The molecular weight excluding hydrogens is 242 g/mol. The van der Waals surface area contributed by atoms with Gasteiger partial charge in [-0.05, 0) is 25.0 Å². The van der Waals surface area contributed by atoms with Crippen molar-refractivity contribution in [3.8, 4) is 0 Å². The first-order valence-corrected chi connectivity index (χ1v) is 5.71. The molecule has 6 heteroatoms. The van der Waals surface area contributed by atoms with E-state index in [4.69, 9.17) is 10.5 Å². The van der Waals surface area contributed by atoms with Crippen LogP contribution in [0.5, 0.6) is 0 Å². The predicted molar refractivity (Wildman–Crippen MR) is 61.9 cm³/mol. The van der Waals surface area contributed by atoms with Crippen LogP contribution in [-0.4, -0.2) is 24.7 Å². The van der Waals surface area contributed by atoms with Gasteiger partial charge in [-0.2, -0.15) is 0 Å². The van der Waals surface area contributed by atoms with E-state index in [1.165, 1.54) is 6.07 Å². The van der Waals surface area contributed by atoms with Gasteiger partial charge in [-0.3, -0.25) is 4.79 Å². The molecule has 0 bridgehead atoms. The van der Waals surface area contributed by atoms with Crippen LogP contribution in [0.4, 0.5) is 14.5 Å². The fourth-order valence-electron chi connectivity index (χ4n) is 1.88. The van der Waals surface area contributed by atoms with Gasteiger partial charge in [-0.25, -0.2) is 8.78 Å². The standard InChI is InChI=1S/C12H14F2N2O2/c13-7-1-3-10(9(14)5-7)16-12(17)11-4-2-8(6-15)18-11/h1,3,5,8,11H,2,4,6,15H2,(H,16,17). The number of ether oxygens (including phenoxy) is 1. The van der Waals surface area contributed by atoms with Crippen LogP contribution < -0.4 is 11.1 Å². The van der Waals surface area contributed by atoms with Crippen molar-refractivity contribution >= 4 is 11.6 Å². The molecule has 0 saturated carbocycles. The molecule has 1 aromatic rings. The Kier molecular flexibility index (Phi) is 3.88. The van der Waals surface area contributed by atoms with E-state index in [0.717, 1.165) is 6.07 Å². The van der Waals surface area contributed by atoms with E-state index in [-0.39, 0.29) is 11.8 Å². The van der Waals surface area contributed by atoms with E-state index < -0.39 is 23.6 Å². The second kappa shape index (κ2) is 5.41. The highest BCUT2D eigenvalue weighted by molar-refractivity contribution is 5.94. The number of anilines is 1. The highest BCUT2D eigenvalue weighted by atomic mass is 19.1. The van der Waals surface area contributed by atoms with Crippen LogP contribution >= 0.6 is 0 Å². The lowest BCUT2D eigenvalue weighted by Crippen LogP contribution is -2.30. The minimum atomic E-state index is -0.809. The Labute approximate surface area is 103 Å². The van der Waals surface area contributed by atoms with Crippen LogP contribution in [0.1, 0.15) is 12.8 Å². The zero-order valence-electron chi connectivity index (χ0n) is 9.66. The number of rotatable bonds is 3. The maximum atomic E-state index is 13.3. The van der Waals surface area contributed by atoms with E-state index in [2.05, 4.69) is 5.32 Å². The van der Waals surface area contributed by atoms with Crippen LogP contribution in [-0.2, 0) is 9.53 Å². The van der Waals surface area contributed by atoms with E-state index in [1.54, 1.807) is 0 Å². The maximum absolute atomic E-state index is 13.3. The zero-order valence-corrected chi connectivity index (χ0v) is 9.66. The van der Waals surface area contributed by atoms with Crippen LogP contribution in [0.15, 0.2) is 18.2 Å². The van der Waals surface area contributed by atoms with Crippen molar-refractivity contribution in [3.05, 3.63) is 29.8 Å². The van der Waals surface area contributed by atoms with Crippen LogP contribution in [0.2, 0.25) is 0 Å². The number of hydrogen-bond donors (Lipinski definition) is 2. The molecule has 2 unspecified atom stereocenters. The molecule has 4 nitrogen and oxygen atoms in total. The summed E-state index contributed by atoms with van der Waals surface area (Å²) >= 11 is 0. The molecule has 18 heavy (non-hydrogen) atoms. The Morgan fingerprint density at radius 3 is 2.83 bits per heavy atom. The van der Waals surface area contributed by atoms with Crippen molar-refractivity contribution < 1.29 is 18.3 Å². The van der Waals surface area contributed by atoms with Gasteiger partial charge in [0.15, 0.2) is 0 Å². The van der Waals surface area contributed by atoms with Crippen molar-refractivity contribution in [1.29, 1.82) is 0 Å². The summed E-state index contributed by atoms with van der Waals surface area (Å²) in [6.45, 7) is 0.356. The fraction of sp³-hybridized carbons (Fsp3) is 0.417. The number of nitrogens with one attached hydrogen (secondary N) is 1. The molecule has 2 rings (SSSR count). The number of amides is 1. The minimum absolute atomic E-state index is 0.0544. The van der Waals surface area contributed by atoms with Crippen LogP contribution in [0.3, 0.4) is 0 Å². The average Bonchev–Trinajstić information content (AvgIpc) is 2.81. The Morgan fingerprint density at radius 1 is 1.44 bits per heavy atom. The number of benzene rings is 1. The quantitative estimate of drug-likeness (QED) is 0.859. The van der Waals surface area contributed by atoms with Gasteiger partial charge in [0.25, 0.3) is 5.91 Å². The molecule has 0 radical (unpaired) electrons. The van der Waals surface area contributed by atoms with E-state index in [9.17, 15) is 13.6 Å². The summed E-state index contributed by atoms with van der Waals surface area (Å²) in [7, 11) is 0. The minimum Gasteiger partial charge on any atom is -0.364 e. The predicted octanol–water partition coefficient (Wildman–Crippen LogP) is 1.41. The molecule has 0 spiro atoms. The van der Waals surface area contributed by atoms with Gasteiger partial charge in [-0.15, -0.1) is 0 Å². The molecule has 1 aromatic carbocycles. The summed E-state index contributed by atoms with van der Waals surface area (Å²) < 4.78 is 31.4. The van der Waals surface area contributed by atoms with E-state index >= 15 is 0 Å². The topological polar surface area (TPSA) is 64.4 Å². The van der Waals surface area contributed by atoms with Crippen LogP contribution in [0, 0.1) is 11.6 Å². The first-order chi connectivity index (χ1) is 8.60. The van der Waals surface area contributed by atoms with Gasteiger partial charge >= 0.3 is 0 Å². The Bertz CT molecular complexity index is 454. The molecule has 0 aromatic heterocycles. The molecule has 2 atom stereocenters. The molecule has 1 saturated heterocycles. The molecular formula is C12H14F2N2O2. The molecule has 1 aliphatic heterocycles. The number of hydrogen-bond acceptors (Lipinski definition) is 3. The second-order valence-electron chi connectivity index (χ2n) is 4.17. The molecule has 1 aliphatic rings. The van der Waals surface area contributed by atoms with E-state index in [1.807, 2.05) is 0 Å². The summed E-state index contributed by atoms with van der Waals surface area (Å²) in [6, 6.07) is 2.97. The molecule has 98 valence electrons. The van der Waals surface area contributed by atoms with Crippen molar-refractivity contribution in [3.63, 3.8) is 0 Å². The summed E-state index contributed by atoms with van der Waals surface area (Å²) in [5.41, 5.74) is 5.38. The summed E-state index contributed by atoms with van der Waals surface area (Å²) in [5, 5.41) is 2.38. The Hall–Kier alpha value is -1.53. The molecule has 1 amide bonds. The lowest BCUT2D eigenvalue weighted by Gasteiger charge is -2.13. The van der Waals surface area contributed by atoms with Crippen LogP contribution in [0.25, 0.3) is 0 Å². The highest BCUT2D eigenvalue weighted by Gasteiger charge is 2.30. The van der Waals surface area contributed by atoms with Crippen molar-refractivity contribution in [2.75, 3.05) is 11.9 Å². The maximum Gasteiger partial charge on any atom is 0.253 e. The summed E-state index contributed by atoms with van der Waals surface area (Å²) in [6.07, 6.45) is 0.513. The normalized spacial score (nSPS) is 23.1. The number of halogens is 2. The van der Waals surface area contributed by atoms with Crippen molar-refractivity contribution in [2.45, 2.75) is 25.0 Å². The fourth-order valence-corrected chi connectivity index (χ4v) is 1.88. The number of nitrogens with two attached hydrogens (primary N) is 1. The second-order valence-corrected chi connectivity index (χ2v) is 4.17. The molecule has 0 aliphatic carbocycles. The first-order valence-electron chi connectivity index (χ1n) is 5.71. The third-order valence-electron chi connectivity index (χ3n) is 2.85. The summed E-state index contributed by atoms with van der Waals surface area (Å²) in [4.78, 5) is 11.8. The van der Waals surface area contributed by atoms with Gasteiger partial charge < -0.3 is 15.8 Å². The lowest BCUT2D eigenvalue weighted by atomic mass is 10.2. The Balaban J connectivity index is 1.99. The lowest BCUT2D eigenvalue weighted by molar-refractivity contribution is -0.126. The van der Waals surface area contributed by atoms with Crippen molar-refractivity contribution in [2.24, 2.45) is 5.73 Å². The van der Waals surface area contributed by atoms with Gasteiger partial charge in [-0.1, -0.05) is 0 Å². The zero-order chi connectivity index (χ0) is 13.1. The third-order valence-corrected chi connectivity index (χ3v) is 2.85. The first kappa shape index (κ1) is 12.9. The van der Waals surface area contributed by atoms with Gasteiger partial charge in [0.1, 0.15) is 17.7 Å². The Morgan fingerprint density at radius 2 is 2.22 bits per heavy atom. The van der Waals surface area contributed by atoms with Gasteiger partial charge in [0, 0.05) is 12.6 Å². The summed E-state index contributed by atoms with van der Waals surface area (Å²) in [5.74, 6) is -1.93. The molecule has 3 N–H and O–H groups in total. The number of carbonyl (C=O) groups excluding carboxylic acids is 1. The third kappa shape index (κ3) is 2.83. The monoisotopic (exact) mass is 256 g/mol. The molecule has 1 fully saturated rings.